The molecule has 5 heteroatoms. The molecule has 1 N–H and O–H groups in total. The van der Waals surface area contributed by atoms with Crippen molar-refractivity contribution in [1.82, 2.24) is 10.3 Å². The van der Waals surface area contributed by atoms with Crippen LogP contribution in [0.3, 0.4) is 0 Å². The van der Waals surface area contributed by atoms with Crippen molar-refractivity contribution in [3.8, 4) is 0 Å². The fourth-order valence-electron chi connectivity index (χ4n) is 2.50. The number of thioether (sulfide) groups is 1. The van der Waals surface area contributed by atoms with Crippen LogP contribution in [0.25, 0.3) is 0 Å². The Kier molecular flexibility index (Phi) is 6.37. The van der Waals surface area contributed by atoms with E-state index in [0.29, 0.717) is 0 Å². The van der Waals surface area contributed by atoms with Crippen LogP contribution in [0, 0.1) is 0 Å². The third-order valence-corrected chi connectivity index (χ3v) is 5.22. The van der Waals surface area contributed by atoms with Crippen LogP contribution in [-0.2, 0) is 18.6 Å². The normalized spacial score (nSPS) is 14.0. The predicted octanol–water partition coefficient (Wildman–Crippen LogP) is 4.14. The summed E-state index contributed by atoms with van der Waals surface area (Å²) in [4.78, 5) is 5.31. The third kappa shape index (κ3) is 4.13. The second kappa shape index (κ2) is 8.04. The average Bonchev–Trinajstić information content (AvgIpc) is 2.73. The standard InChI is InChI=1S/C16H17ClN2S.ClH/c17-15-2-1-13-5-9-19-10-6-14(13)16(15)20-11-12-3-7-18-8-4-12;/h1-4,7-8,19H,5-6,9-11H2;1H. The summed E-state index contributed by atoms with van der Waals surface area (Å²) in [6, 6.07) is 8.34. The molecule has 0 saturated heterocycles. The summed E-state index contributed by atoms with van der Waals surface area (Å²) in [6.07, 6.45) is 5.84. The number of benzene rings is 1. The Bertz CT molecular complexity index is 590. The average molecular weight is 341 g/mol. The fourth-order valence-corrected chi connectivity index (χ4v) is 3.96. The molecule has 21 heavy (non-hydrogen) atoms. The van der Waals surface area contributed by atoms with Crippen molar-refractivity contribution in [1.29, 1.82) is 0 Å². The Morgan fingerprint density at radius 1 is 1.10 bits per heavy atom. The van der Waals surface area contributed by atoms with Gasteiger partial charge in [0.1, 0.15) is 0 Å². The largest absolute Gasteiger partial charge is 0.316 e. The van der Waals surface area contributed by atoms with E-state index in [4.69, 9.17) is 11.6 Å². The van der Waals surface area contributed by atoms with E-state index in [1.54, 1.807) is 0 Å². The quantitative estimate of drug-likeness (QED) is 0.850. The molecule has 0 saturated carbocycles. The summed E-state index contributed by atoms with van der Waals surface area (Å²) >= 11 is 8.26. The molecule has 2 heterocycles. The number of nitrogens with one attached hydrogen (secondary N) is 1. The maximum Gasteiger partial charge on any atom is 0.0544 e. The smallest absolute Gasteiger partial charge is 0.0544 e. The van der Waals surface area contributed by atoms with Gasteiger partial charge in [-0.15, -0.1) is 24.2 Å². The third-order valence-electron chi connectivity index (χ3n) is 3.56. The van der Waals surface area contributed by atoms with Crippen LogP contribution in [0.5, 0.6) is 0 Å². The van der Waals surface area contributed by atoms with Gasteiger partial charge in [0.15, 0.2) is 0 Å². The molecule has 2 aromatic rings. The summed E-state index contributed by atoms with van der Waals surface area (Å²) in [7, 11) is 0. The molecule has 0 bridgehead atoms. The predicted molar refractivity (Wildman–Crippen MR) is 92.8 cm³/mol. The molecule has 0 spiro atoms. The van der Waals surface area contributed by atoms with Crippen LogP contribution in [-0.4, -0.2) is 18.1 Å². The molecule has 112 valence electrons. The minimum atomic E-state index is 0. The van der Waals surface area contributed by atoms with Crippen LogP contribution in [0.4, 0.5) is 0 Å². The van der Waals surface area contributed by atoms with Crippen molar-refractivity contribution in [2.24, 2.45) is 0 Å². The Balaban J connectivity index is 0.00000161. The highest BCUT2D eigenvalue weighted by Gasteiger charge is 2.15. The molecular weight excluding hydrogens is 323 g/mol. The molecule has 0 aliphatic carbocycles. The highest BCUT2D eigenvalue weighted by molar-refractivity contribution is 7.98. The van der Waals surface area contributed by atoms with Crippen LogP contribution >= 0.6 is 35.8 Å². The molecule has 1 aromatic heterocycles. The first-order valence-corrected chi connectivity index (χ1v) is 8.23. The van der Waals surface area contributed by atoms with E-state index in [1.807, 2.05) is 30.2 Å². The van der Waals surface area contributed by atoms with Gasteiger partial charge >= 0.3 is 0 Å². The van der Waals surface area contributed by atoms with Gasteiger partial charge in [-0.1, -0.05) is 17.7 Å². The number of hydrogen-bond donors (Lipinski definition) is 1. The Labute approximate surface area is 141 Å². The van der Waals surface area contributed by atoms with Crippen molar-refractivity contribution < 1.29 is 0 Å². The highest BCUT2D eigenvalue weighted by Crippen LogP contribution is 2.35. The van der Waals surface area contributed by atoms with Gasteiger partial charge in [-0.25, -0.2) is 0 Å². The first kappa shape index (κ1) is 16.6. The van der Waals surface area contributed by atoms with E-state index in [0.717, 1.165) is 36.7 Å². The van der Waals surface area contributed by atoms with E-state index >= 15 is 0 Å². The van der Waals surface area contributed by atoms with Gasteiger partial charge in [-0.3, -0.25) is 4.98 Å². The highest BCUT2D eigenvalue weighted by atomic mass is 35.5. The maximum absolute atomic E-state index is 6.43. The van der Waals surface area contributed by atoms with Crippen molar-refractivity contribution >= 4 is 35.8 Å². The molecule has 0 amide bonds. The van der Waals surface area contributed by atoms with E-state index in [9.17, 15) is 0 Å². The molecule has 1 aliphatic rings. The molecule has 2 nitrogen and oxygen atoms in total. The molecule has 3 rings (SSSR count). The van der Waals surface area contributed by atoms with Gasteiger partial charge in [0, 0.05) is 23.0 Å². The molecular formula is C16H18Cl2N2S. The molecule has 1 aromatic carbocycles. The van der Waals surface area contributed by atoms with Gasteiger partial charge in [0.25, 0.3) is 0 Å². The monoisotopic (exact) mass is 340 g/mol. The Morgan fingerprint density at radius 2 is 1.86 bits per heavy atom. The maximum atomic E-state index is 6.43. The summed E-state index contributed by atoms with van der Waals surface area (Å²) in [5, 5.41) is 4.33. The fraction of sp³-hybridized carbons (Fsp3) is 0.312. The van der Waals surface area contributed by atoms with Crippen LogP contribution < -0.4 is 5.32 Å². The van der Waals surface area contributed by atoms with Crippen molar-refractivity contribution in [2.75, 3.05) is 13.1 Å². The summed E-state index contributed by atoms with van der Waals surface area (Å²) in [5.74, 6) is 0.937. The first-order chi connectivity index (χ1) is 9.84. The minimum Gasteiger partial charge on any atom is -0.316 e. The Morgan fingerprint density at radius 3 is 2.67 bits per heavy atom. The van der Waals surface area contributed by atoms with Crippen molar-refractivity contribution in [2.45, 2.75) is 23.5 Å². The van der Waals surface area contributed by atoms with Crippen molar-refractivity contribution in [3.63, 3.8) is 0 Å². The second-order valence-electron chi connectivity index (χ2n) is 4.91. The molecule has 1 aliphatic heterocycles. The zero-order valence-corrected chi connectivity index (χ0v) is 14.0. The lowest BCUT2D eigenvalue weighted by Gasteiger charge is -2.13. The van der Waals surface area contributed by atoms with Crippen molar-refractivity contribution in [3.05, 3.63) is 58.4 Å². The zero-order chi connectivity index (χ0) is 13.8. The number of hydrogen-bond acceptors (Lipinski definition) is 3. The number of halogens is 2. The van der Waals surface area contributed by atoms with Crippen LogP contribution in [0.1, 0.15) is 16.7 Å². The number of fused-ring (bicyclic) bond motifs is 1. The first-order valence-electron chi connectivity index (χ1n) is 6.87. The van der Waals surface area contributed by atoms with Crippen LogP contribution in [0.15, 0.2) is 41.6 Å². The molecule has 0 unspecified atom stereocenters. The lowest BCUT2D eigenvalue weighted by atomic mass is 10.0. The number of pyridine rings is 1. The topological polar surface area (TPSA) is 24.9 Å². The summed E-state index contributed by atoms with van der Waals surface area (Å²) in [6.45, 7) is 2.10. The SMILES string of the molecule is Cl.Clc1ccc2c(c1SCc1ccncc1)CCNCC2. The number of aromatic nitrogens is 1. The van der Waals surface area contributed by atoms with E-state index < -0.39 is 0 Å². The van der Waals surface area contributed by atoms with Crippen LogP contribution in [0.2, 0.25) is 5.02 Å². The van der Waals surface area contributed by atoms with Gasteiger partial charge in [-0.05, 0) is 60.8 Å². The lowest BCUT2D eigenvalue weighted by molar-refractivity contribution is 0.709. The van der Waals surface area contributed by atoms with E-state index in [2.05, 4.69) is 28.5 Å². The minimum absolute atomic E-state index is 0. The van der Waals surface area contributed by atoms with E-state index in [-0.39, 0.29) is 12.4 Å². The zero-order valence-electron chi connectivity index (χ0n) is 11.6. The summed E-state index contributed by atoms with van der Waals surface area (Å²) in [5.41, 5.74) is 4.16. The molecule has 0 atom stereocenters. The molecule has 0 fully saturated rings. The summed E-state index contributed by atoms with van der Waals surface area (Å²) < 4.78 is 0. The van der Waals surface area contributed by atoms with Gasteiger partial charge in [0.05, 0.1) is 5.02 Å². The van der Waals surface area contributed by atoms with E-state index in [1.165, 1.54) is 21.6 Å². The number of nitrogens with zero attached hydrogens (tertiary/aromatic N) is 1. The van der Waals surface area contributed by atoms with Gasteiger partial charge < -0.3 is 5.32 Å². The lowest BCUT2D eigenvalue weighted by Crippen LogP contribution is -2.16. The molecule has 0 radical (unpaired) electrons. The van der Waals surface area contributed by atoms with Gasteiger partial charge in [0.2, 0.25) is 0 Å². The Hall–Kier alpha value is -0.740. The number of rotatable bonds is 3. The second-order valence-corrected chi connectivity index (χ2v) is 6.30. The van der Waals surface area contributed by atoms with Gasteiger partial charge in [-0.2, -0.15) is 0 Å².